The van der Waals surface area contributed by atoms with E-state index in [1.807, 2.05) is 24.3 Å². The molecule has 0 aliphatic carbocycles. The van der Waals surface area contributed by atoms with Crippen LogP contribution < -0.4 is 5.73 Å². The van der Waals surface area contributed by atoms with E-state index in [-0.39, 0.29) is 0 Å². The van der Waals surface area contributed by atoms with Gasteiger partial charge in [-0.05, 0) is 23.8 Å². The summed E-state index contributed by atoms with van der Waals surface area (Å²) in [5.74, 6) is -0.464. The fourth-order valence-corrected chi connectivity index (χ4v) is 1.99. The molecule has 3 rings (SSSR count). The zero-order valence-corrected chi connectivity index (χ0v) is 10.2. The molecular formula is C14H12N4O. The number of pyridine rings is 1. The van der Waals surface area contributed by atoms with E-state index >= 15 is 0 Å². The Morgan fingerprint density at radius 2 is 2.21 bits per heavy atom. The zero-order valence-electron chi connectivity index (χ0n) is 10.2. The molecule has 0 radical (unpaired) electrons. The van der Waals surface area contributed by atoms with Gasteiger partial charge >= 0.3 is 0 Å². The standard InChI is InChI=1S/C14H12N4O/c15-14(19)12-7-17-18(9-12)8-10-3-4-13-11(6-10)2-1-5-16-13/h1-7,9H,8H2,(H2,15,19). The van der Waals surface area contributed by atoms with Crippen LogP contribution in [0.2, 0.25) is 0 Å². The highest BCUT2D eigenvalue weighted by Gasteiger charge is 2.04. The first-order valence-corrected chi connectivity index (χ1v) is 5.88. The van der Waals surface area contributed by atoms with E-state index in [0.717, 1.165) is 16.5 Å². The number of nitrogens with zero attached hydrogens (tertiary/aromatic N) is 3. The summed E-state index contributed by atoms with van der Waals surface area (Å²) in [4.78, 5) is 15.3. The number of primary amides is 1. The van der Waals surface area contributed by atoms with Gasteiger partial charge in [-0.3, -0.25) is 14.5 Å². The van der Waals surface area contributed by atoms with Gasteiger partial charge < -0.3 is 5.73 Å². The number of carbonyl (C=O) groups excluding carboxylic acids is 1. The molecule has 2 heterocycles. The Labute approximate surface area is 109 Å². The number of benzene rings is 1. The van der Waals surface area contributed by atoms with E-state index in [1.165, 1.54) is 6.20 Å². The minimum absolute atomic E-state index is 0.419. The monoisotopic (exact) mass is 252 g/mol. The first kappa shape index (κ1) is 11.4. The van der Waals surface area contributed by atoms with Gasteiger partial charge in [0.2, 0.25) is 0 Å². The lowest BCUT2D eigenvalue weighted by Gasteiger charge is -2.03. The third kappa shape index (κ3) is 2.30. The summed E-state index contributed by atoms with van der Waals surface area (Å²) in [5.41, 5.74) is 7.67. The first-order chi connectivity index (χ1) is 9.22. The van der Waals surface area contributed by atoms with Gasteiger partial charge in [0.05, 0.1) is 23.8 Å². The van der Waals surface area contributed by atoms with Crippen molar-refractivity contribution in [3.05, 3.63) is 60.0 Å². The minimum atomic E-state index is -0.464. The molecule has 1 aromatic carbocycles. The van der Waals surface area contributed by atoms with Gasteiger partial charge in [0.1, 0.15) is 0 Å². The number of amides is 1. The Bertz CT molecular complexity index is 748. The molecule has 19 heavy (non-hydrogen) atoms. The lowest BCUT2D eigenvalue weighted by Crippen LogP contribution is -2.09. The maximum absolute atomic E-state index is 11.0. The van der Waals surface area contributed by atoms with Gasteiger partial charge in [0, 0.05) is 17.8 Å². The molecule has 5 heteroatoms. The van der Waals surface area contributed by atoms with Crippen molar-refractivity contribution >= 4 is 16.8 Å². The second-order valence-electron chi connectivity index (χ2n) is 4.32. The van der Waals surface area contributed by atoms with Crippen LogP contribution in [0.25, 0.3) is 10.9 Å². The lowest BCUT2D eigenvalue weighted by molar-refractivity contribution is 0.1000. The average Bonchev–Trinajstić information content (AvgIpc) is 2.87. The SMILES string of the molecule is NC(=O)c1cnn(Cc2ccc3ncccc3c2)c1. The molecule has 0 aliphatic heterocycles. The van der Waals surface area contributed by atoms with Crippen LogP contribution in [0.3, 0.4) is 0 Å². The molecule has 0 saturated heterocycles. The van der Waals surface area contributed by atoms with Crippen LogP contribution in [-0.4, -0.2) is 20.7 Å². The summed E-state index contributed by atoms with van der Waals surface area (Å²) in [7, 11) is 0. The summed E-state index contributed by atoms with van der Waals surface area (Å²) in [6, 6.07) is 9.97. The van der Waals surface area contributed by atoms with Crippen molar-refractivity contribution < 1.29 is 4.79 Å². The molecule has 0 saturated carbocycles. The average molecular weight is 252 g/mol. The Balaban J connectivity index is 1.89. The number of fused-ring (bicyclic) bond motifs is 1. The lowest BCUT2D eigenvalue weighted by atomic mass is 10.1. The number of hydrogen-bond acceptors (Lipinski definition) is 3. The number of nitrogens with two attached hydrogens (primary N) is 1. The number of rotatable bonds is 3. The molecule has 2 aromatic heterocycles. The van der Waals surface area contributed by atoms with Crippen LogP contribution in [0.1, 0.15) is 15.9 Å². The third-order valence-corrected chi connectivity index (χ3v) is 2.93. The van der Waals surface area contributed by atoms with Crippen molar-refractivity contribution in [3.63, 3.8) is 0 Å². The second kappa shape index (κ2) is 4.53. The smallest absolute Gasteiger partial charge is 0.251 e. The van der Waals surface area contributed by atoms with E-state index in [1.54, 1.807) is 17.1 Å². The number of carbonyl (C=O) groups is 1. The van der Waals surface area contributed by atoms with Crippen LogP contribution in [0, 0.1) is 0 Å². The Kier molecular flexibility index (Phi) is 2.72. The van der Waals surface area contributed by atoms with Crippen molar-refractivity contribution in [3.8, 4) is 0 Å². The highest BCUT2D eigenvalue weighted by Crippen LogP contribution is 2.14. The Hall–Kier alpha value is -2.69. The molecule has 0 aliphatic rings. The normalized spacial score (nSPS) is 10.7. The molecular weight excluding hydrogens is 240 g/mol. The minimum Gasteiger partial charge on any atom is -0.366 e. The van der Waals surface area contributed by atoms with Crippen LogP contribution in [0.4, 0.5) is 0 Å². The summed E-state index contributed by atoms with van der Waals surface area (Å²) in [5, 5.41) is 5.20. The van der Waals surface area contributed by atoms with Gasteiger partial charge in [0.15, 0.2) is 0 Å². The molecule has 0 fully saturated rings. The van der Waals surface area contributed by atoms with Gasteiger partial charge in [0.25, 0.3) is 5.91 Å². The van der Waals surface area contributed by atoms with Gasteiger partial charge in [-0.25, -0.2) is 0 Å². The van der Waals surface area contributed by atoms with E-state index in [0.29, 0.717) is 12.1 Å². The molecule has 0 bridgehead atoms. The van der Waals surface area contributed by atoms with E-state index in [2.05, 4.69) is 16.1 Å². The summed E-state index contributed by atoms with van der Waals surface area (Å²) in [6.07, 6.45) is 4.90. The predicted molar refractivity (Wildman–Crippen MR) is 71.6 cm³/mol. The van der Waals surface area contributed by atoms with E-state index < -0.39 is 5.91 Å². The summed E-state index contributed by atoms with van der Waals surface area (Å²) < 4.78 is 1.69. The maximum Gasteiger partial charge on any atom is 0.251 e. The van der Waals surface area contributed by atoms with E-state index in [4.69, 9.17) is 5.73 Å². The molecule has 94 valence electrons. The zero-order chi connectivity index (χ0) is 13.2. The van der Waals surface area contributed by atoms with Crippen molar-refractivity contribution in [2.24, 2.45) is 5.73 Å². The predicted octanol–water partition coefficient (Wildman–Crippen LogP) is 1.58. The first-order valence-electron chi connectivity index (χ1n) is 5.88. The fraction of sp³-hybridized carbons (Fsp3) is 0.0714. The highest BCUT2D eigenvalue weighted by atomic mass is 16.1. The third-order valence-electron chi connectivity index (χ3n) is 2.93. The number of aromatic nitrogens is 3. The Morgan fingerprint density at radius 3 is 3.00 bits per heavy atom. The molecule has 0 unspecified atom stereocenters. The van der Waals surface area contributed by atoms with Crippen LogP contribution in [0.5, 0.6) is 0 Å². The van der Waals surface area contributed by atoms with Crippen LogP contribution in [-0.2, 0) is 6.54 Å². The van der Waals surface area contributed by atoms with Crippen molar-refractivity contribution in [1.82, 2.24) is 14.8 Å². The molecule has 0 atom stereocenters. The molecule has 2 N–H and O–H groups in total. The Morgan fingerprint density at radius 1 is 1.32 bits per heavy atom. The van der Waals surface area contributed by atoms with Gasteiger partial charge in [-0.1, -0.05) is 12.1 Å². The molecule has 0 spiro atoms. The largest absolute Gasteiger partial charge is 0.366 e. The van der Waals surface area contributed by atoms with Crippen molar-refractivity contribution in [1.29, 1.82) is 0 Å². The molecule has 5 nitrogen and oxygen atoms in total. The van der Waals surface area contributed by atoms with Gasteiger partial charge in [-0.2, -0.15) is 5.10 Å². The van der Waals surface area contributed by atoms with Crippen LogP contribution >= 0.6 is 0 Å². The summed E-state index contributed by atoms with van der Waals surface area (Å²) >= 11 is 0. The fourth-order valence-electron chi connectivity index (χ4n) is 1.99. The molecule has 3 aromatic rings. The summed E-state index contributed by atoms with van der Waals surface area (Å²) in [6.45, 7) is 0.595. The number of hydrogen-bond donors (Lipinski definition) is 1. The van der Waals surface area contributed by atoms with Crippen molar-refractivity contribution in [2.75, 3.05) is 0 Å². The van der Waals surface area contributed by atoms with Gasteiger partial charge in [-0.15, -0.1) is 0 Å². The quantitative estimate of drug-likeness (QED) is 0.769. The van der Waals surface area contributed by atoms with Crippen molar-refractivity contribution in [2.45, 2.75) is 6.54 Å². The maximum atomic E-state index is 11.0. The highest BCUT2D eigenvalue weighted by molar-refractivity contribution is 5.92. The second-order valence-corrected chi connectivity index (χ2v) is 4.32. The topological polar surface area (TPSA) is 73.8 Å². The van der Waals surface area contributed by atoms with E-state index in [9.17, 15) is 4.79 Å². The molecule has 1 amide bonds. The van der Waals surface area contributed by atoms with Crippen LogP contribution in [0.15, 0.2) is 48.9 Å².